The summed E-state index contributed by atoms with van der Waals surface area (Å²) in [6.07, 6.45) is 3.24. The van der Waals surface area contributed by atoms with Gasteiger partial charge in [0.25, 0.3) is 0 Å². The van der Waals surface area contributed by atoms with E-state index in [0.717, 1.165) is 31.5 Å². The minimum absolute atomic E-state index is 0.00379. The lowest BCUT2D eigenvalue weighted by molar-refractivity contribution is -0.145. The van der Waals surface area contributed by atoms with Crippen molar-refractivity contribution in [1.29, 1.82) is 0 Å². The number of amides is 3. The smallest absolute Gasteiger partial charge is 0.227 e. The normalized spacial score (nSPS) is 19.9. The van der Waals surface area contributed by atoms with Crippen LogP contribution >= 0.6 is 0 Å². The van der Waals surface area contributed by atoms with Crippen LogP contribution in [0.2, 0.25) is 0 Å². The van der Waals surface area contributed by atoms with Gasteiger partial charge in [0.05, 0.1) is 12.3 Å². The lowest BCUT2D eigenvalue weighted by atomic mass is 9.91. The Hall–Kier alpha value is -2.44. The molecule has 3 rings (SSSR count). The van der Waals surface area contributed by atoms with E-state index < -0.39 is 0 Å². The molecule has 0 spiro atoms. The van der Waals surface area contributed by atoms with Crippen molar-refractivity contribution in [2.24, 2.45) is 11.8 Å². The van der Waals surface area contributed by atoms with Gasteiger partial charge in [-0.15, -0.1) is 0 Å². The molecule has 170 valence electrons. The topological polar surface area (TPSA) is 60.9 Å². The summed E-state index contributed by atoms with van der Waals surface area (Å²) in [5, 5.41) is 0. The van der Waals surface area contributed by atoms with Gasteiger partial charge in [-0.05, 0) is 57.2 Å². The maximum atomic E-state index is 13.1. The van der Waals surface area contributed by atoms with Crippen LogP contribution in [0.3, 0.4) is 0 Å². The van der Waals surface area contributed by atoms with Crippen LogP contribution in [-0.2, 0) is 20.8 Å². The molecule has 0 bridgehead atoms. The van der Waals surface area contributed by atoms with Crippen molar-refractivity contribution in [2.75, 3.05) is 39.3 Å². The minimum atomic E-state index is -0.317. The largest absolute Gasteiger partial charge is 0.343 e. The van der Waals surface area contributed by atoms with E-state index >= 15 is 0 Å². The Labute approximate surface area is 184 Å². The molecule has 1 aromatic rings. The van der Waals surface area contributed by atoms with Crippen molar-refractivity contribution >= 4 is 17.7 Å². The van der Waals surface area contributed by atoms with Gasteiger partial charge in [-0.3, -0.25) is 14.4 Å². The molecular formula is C24H34FN3O3. The van der Waals surface area contributed by atoms with Crippen LogP contribution < -0.4 is 0 Å². The number of piperidine rings is 2. The average Bonchev–Trinajstić information content (AvgIpc) is 2.81. The number of carbonyl (C=O) groups excluding carboxylic acids is 3. The van der Waals surface area contributed by atoms with Gasteiger partial charge < -0.3 is 14.7 Å². The van der Waals surface area contributed by atoms with Crippen molar-refractivity contribution in [3.8, 4) is 0 Å². The molecule has 2 fully saturated rings. The zero-order chi connectivity index (χ0) is 22.4. The summed E-state index contributed by atoms with van der Waals surface area (Å²) >= 11 is 0. The third-order valence-electron chi connectivity index (χ3n) is 6.62. The fourth-order valence-electron chi connectivity index (χ4n) is 4.69. The summed E-state index contributed by atoms with van der Waals surface area (Å²) in [6, 6.07) is 5.98. The standard InChI is InChI=1S/C24H34FN3O3/c1-3-26(4-2)23(30)19-11-14-27(15-12-19)24(31)20-6-5-13-28(17-20)22(29)16-18-7-9-21(25)10-8-18/h7-10,19-20H,3-6,11-17H2,1-2H3. The molecule has 7 heteroatoms. The molecule has 1 atom stereocenters. The summed E-state index contributed by atoms with van der Waals surface area (Å²) < 4.78 is 13.1. The number of carbonyl (C=O) groups is 3. The average molecular weight is 432 g/mol. The quantitative estimate of drug-likeness (QED) is 0.696. The highest BCUT2D eigenvalue weighted by atomic mass is 19.1. The molecule has 0 radical (unpaired) electrons. The monoisotopic (exact) mass is 431 g/mol. The number of hydrogen-bond acceptors (Lipinski definition) is 3. The lowest BCUT2D eigenvalue weighted by Gasteiger charge is -2.38. The molecule has 2 aliphatic heterocycles. The second-order valence-corrected chi connectivity index (χ2v) is 8.59. The van der Waals surface area contributed by atoms with Crippen LogP contribution in [-0.4, -0.2) is 71.7 Å². The first-order valence-corrected chi connectivity index (χ1v) is 11.5. The number of benzene rings is 1. The third kappa shape index (κ3) is 5.83. The van der Waals surface area contributed by atoms with Crippen molar-refractivity contribution in [3.05, 3.63) is 35.6 Å². The Morgan fingerprint density at radius 2 is 1.58 bits per heavy atom. The van der Waals surface area contributed by atoms with Crippen LogP contribution in [0.25, 0.3) is 0 Å². The van der Waals surface area contributed by atoms with E-state index in [9.17, 15) is 18.8 Å². The molecule has 2 heterocycles. The molecule has 0 N–H and O–H groups in total. The van der Waals surface area contributed by atoms with Crippen molar-refractivity contribution in [1.82, 2.24) is 14.7 Å². The van der Waals surface area contributed by atoms with Crippen LogP contribution in [0, 0.1) is 17.7 Å². The summed E-state index contributed by atoms with van der Waals surface area (Å²) in [5.41, 5.74) is 0.778. The highest BCUT2D eigenvalue weighted by Crippen LogP contribution is 2.25. The highest BCUT2D eigenvalue weighted by molar-refractivity contribution is 5.83. The predicted molar refractivity (Wildman–Crippen MR) is 117 cm³/mol. The summed E-state index contributed by atoms with van der Waals surface area (Å²) in [4.78, 5) is 43.9. The Morgan fingerprint density at radius 3 is 2.19 bits per heavy atom. The second kappa shape index (κ2) is 10.7. The second-order valence-electron chi connectivity index (χ2n) is 8.59. The predicted octanol–water partition coefficient (Wildman–Crippen LogP) is 2.71. The van der Waals surface area contributed by atoms with Gasteiger partial charge in [0, 0.05) is 45.2 Å². The van der Waals surface area contributed by atoms with Crippen molar-refractivity contribution in [2.45, 2.75) is 46.0 Å². The Balaban J connectivity index is 1.51. The van der Waals surface area contributed by atoms with Crippen molar-refractivity contribution in [3.63, 3.8) is 0 Å². The number of halogens is 1. The fourth-order valence-corrected chi connectivity index (χ4v) is 4.69. The summed E-state index contributed by atoms with van der Waals surface area (Å²) in [7, 11) is 0. The fraction of sp³-hybridized carbons (Fsp3) is 0.625. The highest BCUT2D eigenvalue weighted by Gasteiger charge is 2.34. The van der Waals surface area contributed by atoms with E-state index in [0.29, 0.717) is 39.0 Å². The molecule has 0 saturated carbocycles. The van der Waals surface area contributed by atoms with Crippen molar-refractivity contribution < 1.29 is 18.8 Å². The molecular weight excluding hydrogens is 397 g/mol. The molecule has 1 aromatic carbocycles. The number of rotatable bonds is 6. The first kappa shape index (κ1) is 23.2. The minimum Gasteiger partial charge on any atom is -0.343 e. The third-order valence-corrected chi connectivity index (χ3v) is 6.62. The van der Waals surface area contributed by atoms with E-state index in [4.69, 9.17) is 0 Å². The van der Waals surface area contributed by atoms with E-state index in [-0.39, 0.29) is 41.8 Å². The van der Waals surface area contributed by atoms with Crippen LogP contribution in [0.5, 0.6) is 0 Å². The maximum Gasteiger partial charge on any atom is 0.227 e. The van der Waals surface area contributed by atoms with E-state index in [1.165, 1.54) is 12.1 Å². The lowest BCUT2D eigenvalue weighted by Crippen LogP contribution is -2.50. The van der Waals surface area contributed by atoms with Crippen LogP contribution in [0.4, 0.5) is 4.39 Å². The number of hydrogen-bond donors (Lipinski definition) is 0. The number of nitrogens with zero attached hydrogens (tertiary/aromatic N) is 3. The van der Waals surface area contributed by atoms with Gasteiger partial charge >= 0.3 is 0 Å². The zero-order valence-corrected chi connectivity index (χ0v) is 18.7. The van der Waals surface area contributed by atoms with Gasteiger partial charge in [0.2, 0.25) is 17.7 Å². The Bertz CT molecular complexity index is 771. The SMILES string of the molecule is CCN(CC)C(=O)C1CCN(C(=O)C2CCCN(C(=O)Cc3ccc(F)cc3)C2)CC1. The van der Waals surface area contributed by atoms with E-state index in [1.807, 2.05) is 23.6 Å². The van der Waals surface area contributed by atoms with Gasteiger partial charge in [0.1, 0.15) is 5.82 Å². The Kier molecular flexibility index (Phi) is 8.04. The molecule has 0 aliphatic carbocycles. The molecule has 2 aliphatic rings. The molecule has 3 amide bonds. The molecule has 0 aromatic heterocycles. The number of likely N-dealkylation sites (tertiary alicyclic amines) is 2. The van der Waals surface area contributed by atoms with Crippen LogP contribution in [0.1, 0.15) is 45.1 Å². The first-order valence-electron chi connectivity index (χ1n) is 11.5. The molecule has 2 saturated heterocycles. The van der Waals surface area contributed by atoms with Gasteiger partial charge in [-0.25, -0.2) is 4.39 Å². The first-order chi connectivity index (χ1) is 14.9. The van der Waals surface area contributed by atoms with E-state index in [2.05, 4.69) is 0 Å². The van der Waals surface area contributed by atoms with Gasteiger partial charge in [0.15, 0.2) is 0 Å². The molecule has 31 heavy (non-hydrogen) atoms. The maximum absolute atomic E-state index is 13.1. The Morgan fingerprint density at radius 1 is 0.935 bits per heavy atom. The van der Waals surface area contributed by atoms with Crippen LogP contribution in [0.15, 0.2) is 24.3 Å². The summed E-state index contributed by atoms with van der Waals surface area (Å²) in [5.74, 6) is -0.208. The van der Waals surface area contributed by atoms with Gasteiger partial charge in [-0.2, -0.15) is 0 Å². The zero-order valence-electron chi connectivity index (χ0n) is 18.7. The van der Waals surface area contributed by atoms with Gasteiger partial charge in [-0.1, -0.05) is 12.1 Å². The molecule has 1 unspecified atom stereocenters. The molecule has 6 nitrogen and oxygen atoms in total. The summed E-state index contributed by atoms with van der Waals surface area (Å²) in [6.45, 7) is 7.74. The van der Waals surface area contributed by atoms with E-state index in [1.54, 1.807) is 17.0 Å².